The maximum Gasteiger partial charge on any atom is 0.495 e. The Morgan fingerprint density at radius 3 is 1.09 bits per heavy atom. The standard InChI is InChI=1S/C35H39BN6O6.C29H27ClN6O4.C29H28N6O4/c1-21(38-30(43)27-28(39-32(45)46-33(2,3)4)40-41-19-13-18-37-29(27)41)25-20-22-14-12-17-24(36-47-34(5,6)35(7,8)48-36)26(22)31(44)42(25)23-15-10-9-11-16-23;1-17(21-16-18-10-8-13-20(30)22(18)27(38)36(21)19-11-6-5-7-12-19)32-26(37)23-24(33-28(39)40-29(2,3)4)34-35-15-9-14-31-25(23)35;1-18(22-17-19-11-8-9-14-21(19)27(37)35(22)20-12-6-5-7-13-20)31-26(36)23-24(32-28(38)39-29(2,3)4)33-34-16-10-15-30-25(23)34/h9-21H,1-8H3,(H,38,43)(H,39,40,45);5-17H,1-4H3,(H,32,37)(H,33,34,39);5-18H,1-4H3,(H,31,36)(H,32,33,38)/t21-;17-;18-/m000/s1. The third-order valence-electron chi connectivity index (χ3n) is 20.7. The lowest BCUT2D eigenvalue weighted by molar-refractivity contribution is 0.00578. The zero-order valence-corrected chi connectivity index (χ0v) is 73.4. The molecule has 0 spiro atoms. The first-order valence-corrected chi connectivity index (χ1v) is 41.2. The molecule has 32 nitrogen and oxygen atoms in total. The fourth-order valence-corrected chi connectivity index (χ4v) is 14.7. The largest absolute Gasteiger partial charge is 0.495 e. The number of ether oxygens (including phenoxy) is 3. The first-order valence-electron chi connectivity index (χ1n) is 40.8. The first-order chi connectivity index (χ1) is 60.2. The summed E-state index contributed by atoms with van der Waals surface area (Å²) in [6.45, 7) is 28.8. The molecule has 1 aliphatic rings. The van der Waals surface area contributed by atoms with E-state index >= 15 is 0 Å². The Kier molecular flexibility index (Phi) is 24.8. The molecule has 15 aromatic rings. The van der Waals surface area contributed by atoms with Crippen molar-refractivity contribution < 1.29 is 52.3 Å². The number of pyridine rings is 3. The summed E-state index contributed by atoms with van der Waals surface area (Å²) < 4.78 is 37.7. The molecular formula is C93H94BClN18O14. The molecule has 0 bridgehead atoms. The van der Waals surface area contributed by atoms with E-state index in [1.807, 2.05) is 161 Å². The SMILES string of the molecule is C[C@H](NC(=O)c1c(NC(=O)OC(C)(C)C)nn2cccnc12)c1cc2cccc(B3OC(C)(C)C(C)(C)O3)c2c(=O)n1-c1ccccc1.C[C@H](NC(=O)c1c(NC(=O)OC(C)(C)C)nn2cccnc12)c1cc2cccc(Cl)c2c(=O)n1-c1ccccc1.C[C@H](NC(=O)c1c(NC(=O)OC(C)(C)C)nn2cccnc12)c1cc2ccccc2c(=O)n1-c1ccccc1. The van der Waals surface area contributed by atoms with Gasteiger partial charge in [-0.15, -0.1) is 15.3 Å². The van der Waals surface area contributed by atoms with Gasteiger partial charge in [0.2, 0.25) is 0 Å². The average molecular weight is 1730 g/mol. The van der Waals surface area contributed by atoms with Crippen molar-refractivity contribution in [3.8, 4) is 17.1 Å². The third kappa shape index (κ3) is 19.2. The van der Waals surface area contributed by atoms with Gasteiger partial charge in [-0.1, -0.05) is 115 Å². The van der Waals surface area contributed by atoms with Crippen LogP contribution in [0.4, 0.5) is 31.8 Å². The molecule has 3 atom stereocenters. The number of nitrogens with one attached hydrogen (secondary N) is 6. The van der Waals surface area contributed by atoms with Gasteiger partial charge in [-0.3, -0.25) is 58.4 Å². The Hall–Kier alpha value is -14.7. The fraction of sp³-hybridized carbons (Fsp3) is 0.258. The maximum atomic E-state index is 14.6. The van der Waals surface area contributed by atoms with Crippen molar-refractivity contribution in [1.29, 1.82) is 0 Å². The van der Waals surface area contributed by atoms with E-state index in [1.165, 1.54) is 36.7 Å². The number of para-hydroxylation sites is 3. The van der Waals surface area contributed by atoms with Crippen LogP contribution >= 0.6 is 11.6 Å². The lowest BCUT2D eigenvalue weighted by Gasteiger charge is -2.32. The summed E-state index contributed by atoms with van der Waals surface area (Å²) in [5.74, 6) is -1.65. The number of carbonyl (C=O) groups excluding carboxylic acids is 6. The summed E-state index contributed by atoms with van der Waals surface area (Å²) in [6.07, 6.45) is 7.17. The van der Waals surface area contributed by atoms with Crippen molar-refractivity contribution in [1.82, 2.24) is 73.4 Å². The first kappa shape index (κ1) is 88.6. The number of fused-ring (bicyclic) bond motifs is 6. The number of benzene rings is 6. The number of hydrogen-bond donors (Lipinski definition) is 6. The molecule has 1 fully saturated rings. The molecule has 6 aromatic carbocycles. The van der Waals surface area contributed by atoms with Crippen LogP contribution in [-0.2, 0) is 23.5 Å². The molecule has 0 aliphatic carbocycles. The lowest BCUT2D eigenvalue weighted by Crippen LogP contribution is -2.41. The van der Waals surface area contributed by atoms with Crippen molar-refractivity contribution in [2.45, 2.75) is 157 Å². The number of rotatable bonds is 16. The van der Waals surface area contributed by atoms with E-state index in [9.17, 15) is 43.2 Å². The number of halogens is 1. The van der Waals surface area contributed by atoms with Crippen molar-refractivity contribution in [2.24, 2.45) is 0 Å². The minimum atomic E-state index is -0.766. The predicted molar refractivity (Wildman–Crippen MR) is 486 cm³/mol. The normalized spacial score (nSPS) is 13.8. The van der Waals surface area contributed by atoms with Crippen molar-refractivity contribution in [3.63, 3.8) is 0 Å². The van der Waals surface area contributed by atoms with E-state index in [4.69, 9.17) is 35.1 Å². The summed E-state index contributed by atoms with van der Waals surface area (Å²) in [5, 5.41) is 33.5. The second-order valence-electron chi connectivity index (χ2n) is 34.1. The molecule has 10 heterocycles. The number of anilines is 3. The van der Waals surface area contributed by atoms with E-state index in [1.54, 1.807) is 165 Å². The van der Waals surface area contributed by atoms with Crippen LogP contribution in [0.15, 0.2) is 240 Å². The monoisotopic (exact) mass is 1730 g/mol. The molecule has 127 heavy (non-hydrogen) atoms. The molecule has 1 saturated heterocycles. The quantitative estimate of drug-likeness (QED) is 0.0386. The minimum absolute atomic E-state index is 0.00612. The molecule has 6 amide bonds. The Balaban J connectivity index is 0.000000155. The maximum absolute atomic E-state index is 14.6. The van der Waals surface area contributed by atoms with Gasteiger partial charge < -0.3 is 39.5 Å². The van der Waals surface area contributed by atoms with Gasteiger partial charge in [0.1, 0.15) is 33.5 Å². The van der Waals surface area contributed by atoms with E-state index in [-0.39, 0.29) is 67.8 Å². The highest BCUT2D eigenvalue weighted by atomic mass is 35.5. The summed E-state index contributed by atoms with van der Waals surface area (Å²) in [5.41, 5.74) is 0.853. The van der Waals surface area contributed by atoms with Crippen LogP contribution in [0.25, 0.3) is 66.3 Å². The van der Waals surface area contributed by atoms with Crippen LogP contribution < -0.4 is 54.0 Å². The van der Waals surface area contributed by atoms with Gasteiger partial charge >= 0.3 is 25.4 Å². The number of aromatic nitrogens is 12. The lowest BCUT2D eigenvalue weighted by atomic mass is 9.76. The van der Waals surface area contributed by atoms with Gasteiger partial charge in [-0.25, -0.2) is 42.9 Å². The Morgan fingerprint density at radius 2 is 0.717 bits per heavy atom. The second-order valence-corrected chi connectivity index (χ2v) is 34.5. The molecule has 6 N–H and O–H groups in total. The third-order valence-corrected chi connectivity index (χ3v) is 21.1. The van der Waals surface area contributed by atoms with Crippen LogP contribution in [-0.4, -0.2) is 129 Å². The van der Waals surface area contributed by atoms with Crippen molar-refractivity contribution >= 4 is 127 Å². The molecule has 650 valence electrons. The summed E-state index contributed by atoms with van der Waals surface area (Å²) >= 11 is 6.42. The van der Waals surface area contributed by atoms with E-state index in [0.717, 1.165) is 5.39 Å². The number of carbonyl (C=O) groups is 6. The van der Waals surface area contributed by atoms with Crippen LogP contribution in [0, 0.1) is 0 Å². The molecule has 1 aliphatic heterocycles. The van der Waals surface area contributed by atoms with Gasteiger partial charge in [0.05, 0.1) is 39.7 Å². The summed E-state index contributed by atoms with van der Waals surface area (Å²) in [7, 11) is -0.752. The van der Waals surface area contributed by atoms with Gasteiger partial charge in [0.25, 0.3) is 34.4 Å². The van der Waals surface area contributed by atoms with E-state index in [0.29, 0.717) is 71.6 Å². The van der Waals surface area contributed by atoms with Crippen molar-refractivity contribution in [2.75, 3.05) is 16.0 Å². The number of amides is 6. The van der Waals surface area contributed by atoms with Gasteiger partial charge in [-0.2, -0.15) is 0 Å². The second kappa shape index (κ2) is 35.5. The average Bonchev–Trinajstić information content (AvgIpc) is 1.69. The van der Waals surface area contributed by atoms with Gasteiger partial charge in [-0.05, 0) is 217 Å². The molecule has 16 rings (SSSR count). The molecule has 0 unspecified atom stereocenters. The summed E-state index contributed by atoms with van der Waals surface area (Å²) in [4.78, 5) is 134. The number of nitrogens with zero attached hydrogens (tertiary/aromatic N) is 12. The highest BCUT2D eigenvalue weighted by molar-refractivity contribution is 6.65. The van der Waals surface area contributed by atoms with Crippen LogP contribution in [0.5, 0.6) is 0 Å². The van der Waals surface area contributed by atoms with Crippen molar-refractivity contribution in [3.05, 3.63) is 295 Å². The van der Waals surface area contributed by atoms with Crippen LogP contribution in [0.2, 0.25) is 5.02 Å². The molecule has 9 aromatic heterocycles. The highest BCUT2D eigenvalue weighted by Crippen LogP contribution is 2.38. The highest BCUT2D eigenvalue weighted by Gasteiger charge is 2.52. The zero-order chi connectivity index (χ0) is 90.9. The summed E-state index contributed by atoms with van der Waals surface area (Å²) in [6, 6.07) is 54.4. The van der Waals surface area contributed by atoms with E-state index in [2.05, 4.69) is 62.1 Å². The van der Waals surface area contributed by atoms with Gasteiger partial charge in [0.15, 0.2) is 34.4 Å². The van der Waals surface area contributed by atoms with Crippen LogP contribution in [0.3, 0.4) is 0 Å². The molecule has 34 heteroatoms. The minimum Gasteiger partial charge on any atom is -0.444 e. The smallest absolute Gasteiger partial charge is 0.444 e. The predicted octanol–water partition coefficient (Wildman–Crippen LogP) is 15.6. The molecule has 0 saturated carbocycles. The van der Waals surface area contributed by atoms with Gasteiger partial charge in [0, 0.05) is 82.1 Å². The van der Waals surface area contributed by atoms with Crippen LogP contribution in [0.1, 0.15) is 177 Å². The fourth-order valence-electron chi connectivity index (χ4n) is 14.5. The number of hydrogen-bond acceptors (Lipinski definition) is 20. The zero-order valence-electron chi connectivity index (χ0n) is 72.6. The Labute approximate surface area is 733 Å². The Bertz CT molecular complexity index is 6960. The molecular weight excluding hydrogens is 1640 g/mol. The molecule has 0 radical (unpaired) electrons. The Morgan fingerprint density at radius 1 is 0.402 bits per heavy atom. The van der Waals surface area contributed by atoms with E-state index < -0.39 is 89.3 Å². The topological polar surface area (TPSA) is 377 Å².